The summed E-state index contributed by atoms with van der Waals surface area (Å²) in [6.07, 6.45) is 2.88. The molecular weight excluding hydrogens is 284 g/mol. The minimum Gasteiger partial charge on any atom is -0.388 e. The standard InChI is InChI=1S/C16H26N2O2S/c1-4-14(11-21-3)18-16(20)17-12(2)10-15(19)13-8-6-5-7-9-13/h5-9,12,14-15,19H,4,10-11H2,1-3H3,(H2,17,18,20). The molecule has 118 valence electrons. The SMILES string of the molecule is CCC(CSC)NC(=O)NC(C)CC(O)c1ccccc1. The molecule has 0 bridgehead atoms. The summed E-state index contributed by atoms with van der Waals surface area (Å²) in [6, 6.07) is 9.44. The van der Waals surface area contributed by atoms with E-state index in [1.165, 1.54) is 0 Å². The molecule has 1 aromatic rings. The summed E-state index contributed by atoms with van der Waals surface area (Å²) in [5, 5.41) is 16.0. The van der Waals surface area contributed by atoms with Gasteiger partial charge in [-0.25, -0.2) is 4.79 Å². The first-order valence-electron chi connectivity index (χ1n) is 7.35. The molecule has 0 aliphatic rings. The average molecular weight is 310 g/mol. The monoisotopic (exact) mass is 310 g/mol. The van der Waals surface area contributed by atoms with Gasteiger partial charge >= 0.3 is 6.03 Å². The predicted molar refractivity (Wildman–Crippen MR) is 89.6 cm³/mol. The summed E-state index contributed by atoms with van der Waals surface area (Å²) in [7, 11) is 0. The summed E-state index contributed by atoms with van der Waals surface area (Å²) in [5.74, 6) is 0.908. The number of hydrogen-bond acceptors (Lipinski definition) is 3. The second kappa shape index (κ2) is 9.68. The van der Waals surface area contributed by atoms with Crippen molar-refractivity contribution in [1.29, 1.82) is 0 Å². The zero-order valence-electron chi connectivity index (χ0n) is 13.0. The Labute approximate surface area is 131 Å². The van der Waals surface area contributed by atoms with Gasteiger partial charge < -0.3 is 15.7 Å². The van der Waals surface area contributed by atoms with Crippen LogP contribution in [0.2, 0.25) is 0 Å². The van der Waals surface area contributed by atoms with Gasteiger partial charge in [-0.05, 0) is 31.6 Å². The second-order valence-electron chi connectivity index (χ2n) is 5.24. The van der Waals surface area contributed by atoms with Crippen molar-refractivity contribution in [2.24, 2.45) is 0 Å². The zero-order valence-corrected chi connectivity index (χ0v) is 13.8. The van der Waals surface area contributed by atoms with Gasteiger partial charge in [0.2, 0.25) is 0 Å². The maximum absolute atomic E-state index is 11.9. The van der Waals surface area contributed by atoms with Gasteiger partial charge in [-0.1, -0.05) is 37.3 Å². The van der Waals surface area contributed by atoms with Crippen LogP contribution in [0.15, 0.2) is 30.3 Å². The van der Waals surface area contributed by atoms with E-state index in [-0.39, 0.29) is 18.1 Å². The Morgan fingerprint density at radius 1 is 1.29 bits per heavy atom. The van der Waals surface area contributed by atoms with Crippen molar-refractivity contribution in [3.8, 4) is 0 Å². The van der Waals surface area contributed by atoms with Gasteiger partial charge in [-0.15, -0.1) is 0 Å². The molecule has 4 nitrogen and oxygen atoms in total. The first kappa shape index (κ1) is 17.9. The molecule has 0 aliphatic carbocycles. The third kappa shape index (κ3) is 6.87. The second-order valence-corrected chi connectivity index (χ2v) is 6.15. The molecule has 0 aromatic heterocycles. The number of thioether (sulfide) groups is 1. The number of urea groups is 1. The van der Waals surface area contributed by atoms with Crippen LogP contribution >= 0.6 is 11.8 Å². The van der Waals surface area contributed by atoms with E-state index in [1.807, 2.05) is 43.5 Å². The highest BCUT2D eigenvalue weighted by molar-refractivity contribution is 7.98. The minimum atomic E-state index is -0.560. The number of nitrogens with one attached hydrogen (secondary N) is 2. The van der Waals surface area contributed by atoms with Crippen molar-refractivity contribution >= 4 is 17.8 Å². The molecule has 0 spiro atoms. The quantitative estimate of drug-likeness (QED) is 0.692. The van der Waals surface area contributed by atoms with Crippen LogP contribution in [0.3, 0.4) is 0 Å². The molecule has 0 saturated heterocycles. The highest BCUT2D eigenvalue weighted by Crippen LogP contribution is 2.17. The highest BCUT2D eigenvalue weighted by Gasteiger charge is 2.15. The van der Waals surface area contributed by atoms with Gasteiger partial charge in [-0.2, -0.15) is 11.8 Å². The number of aliphatic hydroxyl groups is 1. The molecule has 21 heavy (non-hydrogen) atoms. The van der Waals surface area contributed by atoms with Crippen molar-refractivity contribution in [3.05, 3.63) is 35.9 Å². The summed E-state index contributed by atoms with van der Waals surface area (Å²) in [5.41, 5.74) is 0.875. The van der Waals surface area contributed by atoms with Gasteiger partial charge in [-0.3, -0.25) is 0 Å². The predicted octanol–water partition coefficient (Wildman–Crippen LogP) is 2.94. The van der Waals surface area contributed by atoms with Gasteiger partial charge in [0.1, 0.15) is 0 Å². The fraction of sp³-hybridized carbons (Fsp3) is 0.562. The Kier molecular flexibility index (Phi) is 8.23. The third-order valence-electron chi connectivity index (χ3n) is 3.33. The topological polar surface area (TPSA) is 61.4 Å². The minimum absolute atomic E-state index is 0.0907. The summed E-state index contributed by atoms with van der Waals surface area (Å²) >= 11 is 1.72. The van der Waals surface area contributed by atoms with E-state index < -0.39 is 6.10 Å². The molecular formula is C16H26N2O2S. The Morgan fingerprint density at radius 2 is 1.95 bits per heavy atom. The molecule has 0 radical (unpaired) electrons. The van der Waals surface area contributed by atoms with Crippen LogP contribution < -0.4 is 10.6 Å². The van der Waals surface area contributed by atoms with E-state index in [0.717, 1.165) is 17.7 Å². The average Bonchev–Trinajstić information content (AvgIpc) is 2.47. The maximum Gasteiger partial charge on any atom is 0.315 e. The summed E-state index contributed by atoms with van der Waals surface area (Å²) in [4.78, 5) is 11.9. The fourth-order valence-electron chi connectivity index (χ4n) is 2.12. The van der Waals surface area contributed by atoms with Gasteiger partial charge in [0.05, 0.1) is 6.10 Å². The smallest absolute Gasteiger partial charge is 0.315 e. The van der Waals surface area contributed by atoms with Gasteiger partial charge in [0.15, 0.2) is 0 Å². The molecule has 0 aliphatic heterocycles. The van der Waals surface area contributed by atoms with Crippen LogP contribution in [0.1, 0.15) is 38.4 Å². The molecule has 3 N–H and O–H groups in total. The van der Waals surface area contributed by atoms with E-state index in [4.69, 9.17) is 0 Å². The summed E-state index contributed by atoms with van der Waals surface area (Å²) < 4.78 is 0. The van der Waals surface area contributed by atoms with Crippen LogP contribution in [0.25, 0.3) is 0 Å². The lowest BCUT2D eigenvalue weighted by molar-refractivity contribution is 0.154. The molecule has 0 heterocycles. The van der Waals surface area contributed by atoms with E-state index >= 15 is 0 Å². The van der Waals surface area contributed by atoms with Crippen LogP contribution in [-0.2, 0) is 0 Å². The number of rotatable bonds is 8. The number of benzene rings is 1. The molecule has 5 heteroatoms. The van der Waals surface area contributed by atoms with E-state index in [0.29, 0.717) is 6.42 Å². The fourth-order valence-corrected chi connectivity index (χ4v) is 2.84. The van der Waals surface area contributed by atoms with Gasteiger partial charge in [0, 0.05) is 17.8 Å². The van der Waals surface area contributed by atoms with Crippen molar-refractivity contribution < 1.29 is 9.90 Å². The van der Waals surface area contributed by atoms with Crippen molar-refractivity contribution in [1.82, 2.24) is 10.6 Å². The number of carbonyl (C=O) groups is 1. The van der Waals surface area contributed by atoms with Crippen molar-refractivity contribution in [2.75, 3.05) is 12.0 Å². The van der Waals surface area contributed by atoms with Crippen molar-refractivity contribution in [3.63, 3.8) is 0 Å². The summed E-state index contributed by atoms with van der Waals surface area (Å²) in [6.45, 7) is 3.96. The maximum atomic E-state index is 11.9. The van der Waals surface area contributed by atoms with E-state index in [9.17, 15) is 9.90 Å². The van der Waals surface area contributed by atoms with Crippen LogP contribution in [0.5, 0.6) is 0 Å². The number of carbonyl (C=O) groups excluding carboxylic acids is 1. The Balaban J connectivity index is 2.39. The molecule has 0 fully saturated rings. The Bertz CT molecular complexity index is 414. The number of hydrogen-bond donors (Lipinski definition) is 3. The molecule has 3 atom stereocenters. The lowest BCUT2D eigenvalue weighted by atomic mass is 10.0. The Morgan fingerprint density at radius 3 is 2.52 bits per heavy atom. The van der Waals surface area contributed by atoms with Crippen LogP contribution in [0, 0.1) is 0 Å². The first-order chi connectivity index (χ1) is 10.1. The highest BCUT2D eigenvalue weighted by atomic mass is 32.2. The zero-order chi connectivity index (χ0) is 15.7. The van der Waals surface area contributed by atoms with Crippen molar-refractivity contribution in [2.45, 2.75) is 44.9 Å². The lowest BCUT2D eigenvalue weighted by Gasteiger charge is -2.21. The number of amides is 2. The third-order valence-corrected chi connectivity index (χ3v) is 4.07. The lowest BCUT2D eigenvalue weighted by Crippen LogP contribution is -2.46. The van der Waals surface area contributed by atoms with Crippen LogP contribution in [0.4, 0.5) is 4.79 Å². The molecule has 2 amide bonds. The molecule has 1 rings (SSSR count). The van der Waals surface area contributed by atoms with E-state index in [2.05, 4.69) is 17.6 Å². The number of aliphatic hydroxyl groups excluding tert-OH is 1. The Hall–Kier alpha value is -1.20. The van der Waals surface area contributed by atoms with Crippen LogP contribution in [-0.4, -0.2) is 35.2 Å². The molecule has 3 unspecified atom stereocenters. The molecule has 1 aromatic carbocycles. The first-order valence-corrected chi connectivity index (χ1v) is 8.75. The van der Waals surface area contributed by atoms with Gasteiger partial charge in [0.25, 0.3) is 0 Å². The van der Waals surface area contributed by atoms with E-state index in [1.54, 1.807) is 11.8 Å². The molecule has 0 saturated carbocycles. The normalized spacial score (nSPS) is 15.0. The largest absolute Gasteiger partial charge is 0.388 e.